The van der Waals surface area contributed by atoms with E-state index in [2.05, 4.69) is 60.1 Å². The highest BCUT2D eigenvalue weighted by Crippen LogP contribution is 2.26. The van der Waals surface area contributed by atoms with Crippen LogP contribution < -0.4 is 4.74 Å². The number of benzene rings is 2. The van der Waals surface area contributed by atoms with Gasteiger partial charge in [-0.25, -0.2) is 0 Å². The second-order valence-electron chi connectivity index (χ2n) is 7.36. The molecule has 30 heavy (non-hydrogen) atoms. The molecule has 0 amide bonds. The number of allylic oxidation sites excluding steroid dienone is 1. The molecule has 1 unspecified atom stereocenters. The summed E-state index contributed by atoms with van der Waals surface area (Å²) in [5.74, 6) is 0.846. The average molecular weight is 400 g/mol. The second-order valence-corrected chi connectivity index (χ2v) is 7.36. The lowest BCUT2D eigenvalue weighted by molar-refractivity contribution is 0.182. The van der Waals surface area contributed by atoms with E-state index < -0.39 is 0 Å². The molecule has 1 N–H and O–H groups in total. The molecule has 3 heteroatoms. The summed E-state index contributed by atoms with van der Waals surface area (Å²) in [5.41, 5.74) is 5.51. The van der Waals surface area contributed by atoms with Crippen molar-refractivity contribution in [3.05, 3.63) is 91.3 Å². The van der Waals surface area contributed by atoms with Gasteiger partial charge >= 0.3 is 0 Å². The van der Waals surface area contributed by atoms with Gasteiger partial charge in [0.15, 0.2) is 0 Å². The molecule has 1 aromatic heterocycles. The molecule has 0 saturated carbocycles. The zero-order chi connectivity index (χ0) is 21.2. The third kappa shape index (κ3) is 6.43. The van der Waals surface area contributed by atoms with E-state index >= 15 is 0 Å². The lowest BCUT2D eigenvalue weighted by atomic mass is 10.0. The van der Waals surface area contributed by atoms with Crippen LogP contribution in [0.4, 0.5) is 0 Å². The molecule has 0 aliphatic carbocycles. The zero-order valence-electron chi connectivity index (χ0n) is 17.5. The Labute approximate surface area is 179 Å². The van der Waals surface area contributed by atoms with Gasteiger partial charge in [0.1, 0.15) is 12.4 Å². The third-order valence-corrected chi connectivity index (χ3v) is 4.84. The summed E-state index contributed by atoms with van der Waals surface area (Å²) in [6, 6.07) is 20.7. The van der Waals surface area contributed by atoms with Gasteiger partial charge in [0.25, 0.3) is 0 Å². The van der Waals surface area contributed by atoms with Gasteiger partial charge in [-0.3, -0.25) is 4.98 Å². The minimum atomic E-state index is -0.224. The Morgan fingerprint density at radius 1 is 0.933 bits per heavy atom. The van der Waals surface area contributed by atoms with Crippen LogP contribution in [0, 0.1) is 0 Å². The largest absolute Gasteiger partial charge is 0.490 e. The zero-order valence-corrected chi connectivity index (χ0v) is 17.5. The number of unbranched alkanes of at least 4 members (excludes halogenated alkanes) is 1. The number of hydrogen-bond acceptors (Lipinski definition) is 3. The van der Waals surface area contributed by atoms with Gasteiger partial charge in [0.2, 0.25) is 0 Å². The average Bonchev–Trinajstić information content (AvgIpc) is 2.78. The predicted molar refractivity (Wildman–Crippen MR) is 125 cm³/mol. The van der Waals surface area contributed by atoms with Crippen LogP contribution in [0.15, 0.2) is 85.6 Å². The summed E-state index contributed by atoms with van der Waals surface area (Å²) in [6.45, 7) is 6.00. The molecule has 3 nitrogen and oxygen atoms in total. The van der Waals surface area contributed by atoms with Crippen LogP contribution in [-0.2, 0) is 0 Å². The summed E-state index contributed by atoms with van der Waals surface area (Å²) in [6.07, 6.45) is 10.4. The van der Waals surface area contributed by atoms with Crippen molar-refractivity contribution >= 4 is 6.08 Å². The molecular formula is C27H29NO2. The summed E-state index contributed by atoms with van der Waals surface area (Å²) in [5, 5.41) is 9.28. The monoisotopic (exact) mass is 399 g/mol. The van der Waals surface area contributed by atoms with Gasteiger partial charge in [-0.05, 0) is 67.2 Å². The van der Waals surface area contributed by atoms with Crippen LogP contribution >= 0.6 is 0 Å². The number of aromatic nitrogens is 1. The van der Waals surface area contributed by atoms with Crippen LogP contribution in [-0.4, -0.2) is 22.8 Å². The minimum absolute atomic E-state index is 0.224. The fourth-order valence-corrected chi connectivity index (χ4v) is 3.16. The van der Waals surface area contributed by atoms with Crippen LogP contribution in [0.5, 0.6) is 5.75 Å². The number of hydrogen-bond donors (Lipinski definition) is 1. The lowest BCUT2D eigenvalue weighted by Crippen LogP contribution is -1.97. The molecule has 0 spiro atoms. The number of pyridine rings is 1. The fraction of sp³-hybridized carbons (Fsp3) is 0.222. The van der Waals surface area contributed by atoms with Gasteiger partial charge in [-0.15, -0.1) is 0 Å². The molecule has 2 aromatic carbocycles. The second kappa shape index (κ2) is 11.1. The molecule has 3 aromatic rings. The van der Waals surface area contributed by atoms with Gasteiger partial charge in [-0.1, -0.05) is 61.2 Å². The van der Waals surface area contributed by atoms with E-state index in [-0.39, 0.29) is 6.10 Å². The Morgan fingerprint density at radius 3 is 2.10 bits per heavy atom. The Morgan fingerprint density at radius 2 is 1.53 bits per heavy atom. The molecule has 3 rings (SSSR count). The van der Waals surface area contributed by atoms with Crippen molar-refractivity contribution in [2.45, 2.75) is 32.3 Å². The highest BCUT2D eigenvalue weighted by atomic mass is 16.5. The normalized spacial score (nSPS) is 12.1. The van der Waals surface area contributed by atoms with Gasteiger partial charge < -0.3 is 9.84 Å². The molecule has 0 aliphatic heterocycles. The van der Waals surface area contributed by atoms with Crippen molar-refractivity contribution in [1.29, 1.82) is 0 Å². The Hall–Kier alpha value is -3.17. The maximum Gasteiger partial charge on any atom is 0.119 e. The Kier molecular flexibility index (Phi) is 7.99. The fourth-order valence-electron chi connectivity index (χ4n) is 3.16. The van der Waals surface area contributed by atoms with Gasteiger partial charge in [-0.2, -0.15) is 0 Å². The number of rotatable bonds is 10. The van der Waals surface area contributed by atoms with Crippen LogP contribution in [0.3, 0.4) is 0 Å². The van der Waals surface area contributed by atoms with Gasteiger partial charge in [0.05, 0.1) is 11.8 Å². The maximum atomic E-state index is 9.28. The van der Waals surface area contributed by atoms with E-state index in [0.717, 1.165) is 47.4 Å². The number of aliphatic hydroxyl groups is 1. The first kappa shape index (κ1) is 21.5. The first-order valence-electron chi connectivity index (χ1n) is 10.4. The molecule has 0 radical (unpaired) electrons. The van der Waals surface area contributed by atoms with Crippen LogP contribution in [0.1, 0.15) is 31.9 Å². The van der Waals surface area contributed by atoms with Crippen molar-refractivity contribution in [3.8, 4) is 28.0 Å². The first-order chi connectivity index (χ1) is 14.7. The Balaban J connectivity index is 1.60. The highest BCUT2D eigenvalue weighted by Gasteiger charge is 2.02. The molecule has 1 heterocycles. The van der Waals surface area contributed by atoms with E-state index in [9.17, 15) is 5.11 Å². The smallest absolute Gasteiger partial charge is 0.119 e. The molecule has 0 fully saturated rings. The van der Waals surface area contributed by atoms with E-state index in [1.807, 2.05) is 37.4 Å². The number of aliphatic hydroxyl groups excluding tert-OH is 1. The van der Waals surface area contributed by atoms with Crippen molar-refractivity contribution in [2.75, 3.05) is 6.61 Å². The van der Waals surface area contributed by atoms with Crippen LogP contribution in [0.25, 0.3) is 28.3 Å². The van der Waals surface area contributed by atoms with E-state index in [1.165, 1.54) is 5.56 Å². The molecule has 0 aliphatic rings. The van der Waals surface area contributed by atoms with E-state index in [1.54, 1.807) is 6.08 Å². The molecule has 0 saturated heterocycles. The highest BCUT2D eigenvalue weighted by molar-refractivity contribution is 5.70. The molecule has 0 bridgehead atoms. The van der Waals surface area contributed by atoms with Crippen molar-refractivity contribution in [1.82, 2.24) is 4.98 Å². The topological polar surface area (TPSA) is 42.4 Å². The summed E-state index contributed by atoms with van der Waals surface area (Å²) >= 11 is 0. The van der Waals surface area contributed by atoms with E-state index in [0.29, 0.717) is 6.61 Å². The van der Waals surface area contributed by atoms with Crippen molar-refractivity contribution in [3.63, 3.8) is 0 Å². The minimum Gasteiger partial charge on any atom is -0.490 e. The van der Waals surface area contributed by atoms with Gasteiger partial charge in [0, 0.05) is 11.8 Å². The summed E-state index contributed by atoms with van der Waals surface area (Å²) in [7, 11) is 0. The third-order valence-electron chi connectivity index (χ3n) is 4.84. The molecule has 154 valence electrons. The maximum absolute atomic E-state index is 9.28. The van der Waals surface area contributed by atoms with Crippen molar-refractivity contribution in [2.24, 2.45) is 0 Å². The number of ether oxygens (including phenoxy) is 1. The van der Waals surface area contributed by atoms with Crippen molar-refractivity contribution < 1.29 is 9.84 Å². The Bertz CT molecular complexity index is 940. The standard InChI is InChI=1S/C27H29NO2/c1-3-19-30-27-17-14-23(15-18-27)22-9-11-24(12-10-22)25-13-16-26(28-20-25)8-6-4-5-7-21(2)29/h3,6,8-18,20-21,29H,1,4-5,7,19H2,2H3/b8-6+. The quantitative estimate of drug-likeness (QED) is 0.311. The molecular weight excluding hydrogens is 370 g/mol. The molecule has 1 atom stereocenters. The number of nitrogens with zero attached hydrogens (tertiary/aromatic N) is 1. The van der Waals surface area contributed by atoms with E-state index in [4.69, 9.17) is 4.74 Å². The first-order valence-corrected chi connectivity index (χ1v) is 10.4. The predicted octanol–water partition coefficient (Wildman–Crippen LogP) is 6.54. The van der Waals surface area contributed by atoms with Crippen LogP contribution in [0.2, 0.25) is 0 Å². The summed E-state index contributed by atoms with van der Waals surface area (Å²) in [4.78, 5) is 4.55. The SMILES string of the molecule is C=CCOc1ccc(-c2ccc(-c3ccc(/C=C/CCCC(C)O)nc3)cc2)cc1. The summed E-state index contributed by atoms with van der Waals surface area (Å²) < 4.78 is 5.54. The lowest BCUT2D eigenvalue weighted by Gasteiger charge is -2.07.